The number of carbonyl (C=O) groups is 1. The number of hydrogen-bond acceptors (Lipinski definition) is 3. The molecule has 1 unspecified atom stereocenters. The number of amides is 1. The van der Waals surface area contributed by atoms with E-state index in [9.17, 15) is 9.00 Å². The first kappa shape index (κ1) is 20.5. The molecule has 0 aromatic heterocycles. The minimum Gasteiger partial charge on any atom is -0.336 e. The van der Waals surface area contributed by atoms with Gasteiger partial charge in [-0.2, -0.15) is 0 Å². The molecule has 5 heteroatoms. The quantitative estimate of drug-likeness (QED) is 0.812. The number of benzene rings is 1. The molecule has 150 valence electrons. The summed E-state index contributed by atoms with van der Waals surface area (Å²) in [7, 11) is -0.864. The highest BCUT2D eigenvalue weighted by Crippen LogP contribution is 2.42. The van der Waals surface area contributed by atoms with Gasteiger partial charge in [0.1, 0.15) is 0 Å². The normalized spacial score (nSPS) is 27.4. The summed E-state index contributed by atoms with van der Waals surface area (Å²) in [6, 6.07) is 11.2. The lowest BCUT2D eigenvalue weighted by atomic mass is 9.79. The van der Waals surface area contributed by atoms with Gasteiger partial charge >= 0.3 is 0 Å². The maximum atomic E-state index is 12.9. The van der Waals surface area contributed by atoms with E-state index in [1.807, 2.05) is 6.07 Å². The van der Waals surface area contributed by atoms with Crippen LogP contribution in [0.5, 0.6) is 0 Å². The monoisotopic (exact) mass is 390 g/mol. The summed E-state index contributed by atoms with van der Waals surface area (Å²) in [5.74, 6) is 1.76. The summed E-state index contributed by atoms with van der Waals surface area (Å²) in [4.78, 5) is 14.3. The lowest BCUT2D eigenvalue weighted by Gasteiger charge is -2.42. The van der Waals surface area contributed by atoms with Gasteiger partial charge in [-0.15, -0.1) is 0 Å². The number of nitrogens with zero attached hydrogens (tertiary/aromatic N) is 1. The van der Waals surface area contributed by atoms with Gasteiger partial charge in [-0.05, 0) is 70.3 Å². The van der Waals surface area contributed by atoms with Crippen molar-refractivity contribution in [3.63, 3.8) is 0 Å². The van der Waals surface area contributed by atoms with Crippen LogP contribution in [-0.2, 0) is 22.0 Å². The number of rotatable bonds is 6. The second-order valence-electron chi connectivity index (χ2n) is 9.20. The van der Waals surface area contributed by atoms with Crippen LogP contribution in [0.3, 0.4) is 0 Å². The van der Waals surface area contributed by atoms with Crippen molar-refractivity contribution >= 4 is 16.7 Å². The molecule has 2 aliphatic heterocycles. The molecule has 2 fully saturated rings. The molecule has 0 saturated carbocycles. The van der Waals surface area contributed by atoms with E-state index in [2.05, 4.69) is 49.9 Å². The SMILES string of the molecule is CC(C)(C)[S@](=O)C[C@H](Cc1ccccc1)C1C[C@H]2CC[C@@H](C1)N2C(=O)CN. The number of carbonyl (C=O) groups excluding carboxylic acids is 1. The van der Waals surface area contributed by atoms with Gasteiger partial charge in [0, 0.05) is 33.4 Å². The van der Waals surface area contributed by atoms with Crippen LogP contribution in [0, 0.1) is 11.8 Å². The molecule has 1 aromatic rings. The van der Waals surface area contributed by atoms with Crippen LogP contribution in [0.2, 0.25) is 0 Å². The predicted octanol–water partition coefficient (Wildman–Crippen LogP) is 3.12. The fourth-order valence-corrected chi connectivity index (χ4v) is 6.12. The maximum Gasteiger partial charge on any atom is 0.236 e. The molecule has 2 saturated heterocycles. The van der Waals surface area contributed by atoms with Crippen molar-refractivity contribution in [2.75, 3.05) is 12.3 Å². The van der Waals surface area contributed by atoms with Crippen LogP contribution in [0.15, 0.2) is 30.3 Å². The van der Waals surface area contributed by atoms with Crippen LogP contribution in [0.25, 0.3) is 0 Å². The highest BCUT2D eigenvalue weighted by molar-refractivity contribution is 7.86. The molecule has 0 aliphatic carbocycles. The zero-order chi connectivity index (χ0) is 19.6. The summed E-state index contributed by atoms with van der Waals surface area (Å²) in [5, 5.41) is 0. The second kappa shape index (κ2) is 8.44. The molecule has 4 nitrogen and oxygen atoms in total. The van der Waals surface area contributed by atoms with E-state index in [0.717, 1.165) is 37.9 Å². The fourth-order valence-electron chi connectivity index (χ4n) is 4.84. The van der Waals surface area contributed by atoms with Crippen LogP contribution in [-0.4, -0.2) is 44.1 Å². The molecule has 3 rings (SSSR count). The number of nitrogens with two attached hydrogens (primary N) is 1. The third-order valence-electron chi connectivity index (χ3n) is 6.29. The van der Waals surface area contributed by atoms with Gasteiger partial charge in [0.15, 0.2) is 0 Å². The summed E-state index contributed by atoms with van der Waals surface area (Å²) < 4.78 is 12.7. The molecule has 1 amide bonds. The average molecular weight is 391 g/mol. The first-order chi connectivity index (χ1) is 12.8. The van der Waals surface area contributed by atoms with E-state index < -0.39 is 10.8 Å². The molecule has 5 atom stereocenters. The number of piperidine rings is 1. The zero-order valence-corrected chi connectivity index (χ0v) is 17.7. The van der Waals surface area contributed by atoms with Gasteiger partial charge in [-0.25, -0.2) is 0 Å². The van der Waals surface area contributed by atoms with Gasteiger partial charge in [-0.1, -0.05) is 30.3 Å². The first-order valence-electron chi connectivity index (χ1n) is 10.2. The Kier molecular flexibility index (Phi) is 6.42. The van der Waals surface area contributed by atoms with Gasteiger partial charge in [0.05, 0.1) is 6.54 Å². The molecular weight excluding hydrogens is 356 g/mol. The van der Waals surface area contributed by atoms with E-state index in [4.69, 9.17) is 5.73 Å². The Morgan fingerprint density at radius 3 is 2.30 bits per heavy atom. The standard InChI is InChI=1S/C22H34N2O2S/c1-22(2,3)27(26)15-18(11-16-7-5-4-6-8-16)17-12-19-9-10-20(13-17)24(19)21(25)14-23/h4-8,17-20H,9-15,23H2,1-3H3/t17?,18-,19-,20+,27+/m0/s1. The number of fused-ring (bicyclic) bond motifs is 2. The topological polar surface area (TPSA) is 63.4 Å². The highest BCUT2D eigenvalue weighted by atomic mass is 32.2. The molecule has 2 N–H and O–H groups in total. The Morgan fingerprint density at radius 1 is 1.19 bits per heavy atom. The molecule has 1 aromatic carbocycles. The molecule has 27 heavy (non-hydrogen) atoms. The lowest BCUT2D eigenvalue weighted by Crippen LogP contribution is -2.50. The summed E-state index contributed by atoms with van der Waals surface area (Å²) >= 11 is 0. The van der Waals surface area contributed by atoms with E-state index in [1.54, 1.807) is 0 Å². The summed E-state index contributed by atoms with van der Waals surface area (Å²) in [6.07, 6.45) is 5.21. The Labute approximate surface area is 166 Å². The van der Waals surface area contributed by atoms with Crippen LogP contribution < -0.4 is 5.73 Å². The lowest BCUT2D eigenvalue weighted by molar-refractivity contribution is -0.135. The molecule has 2 heterocycles. The molecular formula is C22H34N2O2S. The van der Waals surface area contributed by atoms with Crippen molar-refractivity contribution in [3.05, 3.63) is 35.9 Å². The van der Waals surface area contributed by atoms with E-state index >= 15 is 0 Å². The third kappa shape index (κ3) is 4.80. The van der Waals surface area contributed by atoms with Gasteiger partial charge < -0.3 is 10.6 Å². The molecule has 2 aliphatic rings. The highest BCUT2D eigenvalue weighted by Gasteiger charge is 2.45. The summed E-state index contributed by atoms with van der Waals surface area (Å²) in [5.41, 5.74) is 6.95. The Hall–Kier alpha value is -1.20. The predicted molar refractivity (Wildman–Crippen MR) is 112 cm³/mol. The zero-order valence-electron chi connectivity index (χ0n) is 16.9. The molecule has 0 spiro atoms. The van der Waals surface area contributed by atoms with Gasteiger partial charge in [0.2, 0.25) is 5.91 Å². The van der Waals surface area contributed by atoms with E-state index in [1.165, 1.54) is 5.56 Å². The van der Waals surface area contributed by atoms with Crippen molar-refractivity contribution in [3.8, 4) is 0 Å². The average Bonchev–Trinajstić information content (AvgIpc) is 2.90. The smallest absolute Gasteiger partial charge is 0.236 e. The minimum absolute atomic E-state index is 0.0961. The molecule has 2 bridgehead atoms. The van der Waals surface area contributed by atoms with Crippen molar-refractivity contribution in [1.29, 1.82) is 0 Å². The van der Waals surface area contributed by atoms with Crippen molar-refractivity contribution in [2.45, 2.75) is 69.7 Å². The fraction of sp³-hybridized carbons (Fsp3) is 0.682. The van der Waals surface area contributed by atoms with Gasteiger partial charge in [0.25, 0.3) is 0 Å². The van der Waals surface area contributed by atoms with E-state index in [-0.39, 0.29) is 17.2 Å². The summed E-state index contributed by atoms with van der Waals surface area (Å²) in [6.45, 7) is 6.30. The van der Waals surface area contributed by atoms with Crippen molar-refractivity contribution < 1.29 is 9.00 Å². The van der Waals surface area contributed by atoms with E-state index in [0.29, 0.717) is 23.9 Å². The maximum absolute atomic E-state index is 12.9. The van der Waals surface area contributed by atoms with Crippen LogP contribution >= 0.6 is 0 Å². The Balaban J connectivity index is 1.77. The number of hydrogen-bond donors (Lipinski definition) is 1. The Bertz CT molecular complexity index is 657. The largest absolute Gasteiger partial charge is 0.336 e. The van der Waals surface area contributed by atoms with Crippen LogP contribution in [0.1, 0.15) is 52.0 Å². The Morgan fingerprint density at radius 2 is 1.78 bits per heavy atom. The van der Waals surface area contributed by atoms with Crippen molar-refractivity contribution in [1.82, 2.24) is 4.90 Å². The second-order valence-corrected chi connectivity index (χ2v) is 11.4. The van der Waals surface area contributed by atoms with Gasteiger partial charge in [-0.3, -0.25) is 9.00 Å². The third-order valence-corrected chi connectivity index (χ3v) is 8.38. The van der Waals surface area contributed by atoms with Crippen molar-refractivity contribution in [2.24, 2.45) is 17.6 Å². The minimum atomic E-state index is -0.864. The first-order valence-corrected chi connectivity index (χ1v) is 11.5. The van der Waals surface area contributed by atoms with Crippen LogP contribution in [0.4, 0.5) is 0 Å². The molecule has 0 radical (unpaired) electrons.